The molecule has 2 aliphatic heterocycles. The van der Waals surface area contributed by atoms with E-state index in [0.717, 1.165) is 0 Å². The minimum atomic E-state index is -0.891. The van der Waals surface area contributed by atoms with Crippen molar-refractivity contribution in [3.63, 3.8) is 0 Å². The number of nitrogens with one attached hydrogen (secondary N) is 2. The number of amides is 3. The van der Waals surface area contributed by atoms with Gasteiger partial charge < -0.3 is 29.7 Å². The number of cyclic esters (lactones) is 1. The number of nitrogens with zero attached hydrogens (tertiary/aromatic N) is 1. The van der Waals surface area contributed by atoms with Crippen molar-refractivity contribution in [1.82, 2.24) is 15.5 Å². The van der Waals surface area contributed by atoms with E-state index in [4.69, 9.17) is 14.2 Å². The Morgan fingerprint density at radius 2 is 1.90 bits per heavy atom. The van der Waals surface area contributed by atoms with Gasteiger partial charge in [-0.1, -0.05) is 40.7 Å². The molecule has 2 heterocycles. The molecule has 6 unspecified atom stereocenters. The summed E-state index contributed by atoms with van der Waals surface area (Å²) in [7, 11) is 1.54. The summed E-state index contributed by atoms with van der Waals surface area (Å²) in [6, 6.07) is 2.74. The molecule has 2 saturated heterocycles. The molecule has 2 fully saturated rings. The Kier molecular flexibility index (Phi) is 9.64. The largest absolute Gasteiger partial charge is 0.496 e. The van der Waals surface area contributed by atoms with Gasteiger partial charge >= 0.3 is 5.97 Å². The second-order valence-electron chi connectivity index (χ2n) is 11.5. The summed E-state index contributed by atoms with van der Waals surface area (Å²) < 4.78 is 16.1. The first-order chi connectivity index (χ1) is 18.3. The molecule has 39 heavy (non-hydrogen) atoms. The molecule has 0 bridgehead atoms. The van der Waals surface area contributed by atoms with Crippen molar-refractivity contribution in [1.29, 1.82) is 0 Å². The summed E-state index contributed by atoms with van der Waals surface area (Å²) in [4.78, 5) is 54.9. The standard InChI is InChI=1S/C29H43N3O7/c1-9-18-14-16(3)23(26(35)30-20-15-22(33)39-28(20)38-10-2)32(18)27(36)24(29(5,6)7)31-25(34)19-12-11-13-21(37-8)17(19)4/h11-13,16,18,20,23-24,28H,9-10,14-15H2,1-8H3,(H,30,35)(H,31,34). The Morgan fingerprint density at radius 3 is 2.49 bits per heavy atom. The summed E-state index contributed by atoms with van der Waals surface area (Å²) in [5.74, 6) is -1.05. The number of esters is 1. The molecule has 1 aromatic rings. The number of hydrogen-bond donors (Lipinski definition) is 2. The zero-order valence-corrected chi connectivity index (χ0v) is 24.3. The molecule has 0 radical (unpaired) electrons. The lowest BCUT2D eigenvalue weighted by Gasteiger charge is -2.38. The predicted octanol–water partition coefficient (Wildman–Crippen LogP) is 2.96. The van der Waals surface area contributed by atoms with Gasteiger partial charge in [-0.15, -0.1) is 0 Å². The lowest BCUT2D eigenvalue weighted by atomic mass is 9.85. The Labute approximate surface area is 231 Å². The van der Waals surface area contributed by atoms with E-state index in [-0.39, 0.29) is 36.1 Å². The smallest absolute Gasteiger partial charge is 0.310 e. The van der Waals surface area contributed by atoms with Gasteiger partial charge in [0.1, 0.15) is 23.9 Å². The van der Waals surface area contributed by atoms with E-state index in [1.807, 2.05) is 34.6 Å². The highest BCUT2D eigenvalue weighted by atomic mass is 16.7. The molecule has 0 aromatic heterocycles. The first-order valence-corrected chi connectivity index (χ1v) is 13.7. The highest BCUT2D eigenvalue weighted by molar-refractivity contribution is 6.00. The molecule has 6 atom stereocenters. The fraction of sp³-hybridized carbons (Fsp3) is 0.655. The van der Waals surface area contributed by atoms with Crippen LogP contribution in [0.25, 0.3) is 0 Å². The number of rotatable bonds is 9. The highest BCUT2D eigenvalue weighted by Gasteiger charge is 2.50. The van der Waals surface area contributed by atoms with Gasteiger partial charge in [0.05, 0.1) is 13.5 Å². The molecule has 0 saturated carbocycles. The first kappa shape index (κ1) is 30.4. The number of carbonyl (C=O) groups excluding carboxylic acids is 4. The van der Waals surface area contributed by atoms with Gasteiger partial charge in [-0.25, -0.2) is 0 Å². The normalized spacial score (nSPS) is 25.7. The van der Waals surface area contributed by atoms with Gasteiger partial charge in [0.25, 0.3) is 5.91 Å². The lowest BCUT2D eigenvalue weighted by Crippen LogP contribution is -2.60. The summed E-state index contributed by atoms with van der Waals surface area (Å²) in [6.45, 7) is 13.5. The molecule has 0 aliphatic carbocycles. The minimum Gasteiger partial charge on any atom is -0.496 e. The Balaban J connectivity index is 1.89. The Bertz CT molecular complexity index is 1080. The third-order valence-corrected chi connectivity index (χ3v) is 7.63. The zero-order valence-electron chi connectivity index (χ0n) is 24.3. The third kappa shape index (κ3) is 6.54. The summed E-state index contributed by atoms with van der Waals surface area (Å²) in [5.41, 5.74) is 0.449. The van der Waals surface area contributed by atoms with Gasteiger partial charge in [-0.05, 0) is 50.2 Å². The van der Waals surface area contributed by atoms with Crippen molar-refractivity contribution in [2.45, 2.75) is 98.2 Å². The monoisotopic (exact) mass is 545 g/mol. The van der Waals surface area contributed by atoms with Crippen LogP contribution in [0.2, 0.25) is 0 Å². The zero-order chi connectivity index (χ0) is 29.1. The van der Waals surface area contributed by atoms with Crippen LogP contribution in [-0.4, -0.2) is 72.8 Å². The number of carbonyl (C=O) groups is 4. The number of ether oxygens (including phenoxy) is 3. The van der Waals surface area contributed by atoms with E-state index in [2.05, 4.69) is 10.6 Å². The molecule has 3 amide bonds. The van der Waals surface area contributed by atoms with Crippen LogP contribution in [-0.2, 0) is 23.9 Å². The molecule has 2 N–H and O–H groups in total. The Hall–Kier alpha value is -3.14. The van der Waals surface area contributed by atoms with E-state index in [0.29, 0.717) is 36.3 Å². The fourth-order valence-corrected chi connectivity index (χ4v) is 5.56. The van der Waals surface area contributed by atoms with Crippen molar-refractivity contribution < 1.29 is 33.4 Å². The molecule has 10 nitrogen and oxygen atoms in total. The van der Waals surface area contributed by atoms with Crippen LogP contribution in [0, 0.1) is 18.3 Å². The van der Waals surface area contributed by atoms with Crippen LogP contribution in [0.5, 0.6) is 5.75 Å². The summed E-state index contributed by atoms with van der Waals surface area (Å²) >= 11 is 0. The van der Waals surface area contributed by atoms with E-state index in [9.17, 15) is 19.2 Å². The number of hydrogen-bond acceptors (Lipinski definition) is 7. The molecule has 216 valence electrons. The summed E-state index contributed by atoms with van der Waals surface area (Å²) in [6.07, 6.45) is 0.451. The predicted molar refractivity (Wildman–Crippen MR) is 145 cm³/mol. The van der Waals surface area contributed by atoms with E-state index in [1.54, 1.807) is 44.1 Å². The van der Waals surface area contributed by atoms with Crippen LogP contribution in [0.4, 0.5) is 0 Å². The molecule has 1 aromatic carbocycles. The molecular formula is C29H43N3O7. The SMILES string of the molecule is CCOC1OC(=O)CC1NC(=O)C1C(C)CC(CC)N1C(=O)C(NC(=O)c1cccc(OC)c1C)C(C)(C)C. The van der Waals surface area contributed by atoms with Crippen LogP contribution >= 0.6 is 0 Å². The Morgan fingerprint density at radius 1 is 1.21 bits per heavy atom. The van der Waals surface area contributed by atoms with E-state index >= 15 is 0 Å². The topological polar surface area (TPSA) is 123 Å². The quantitative estimate of drug-likeness (QED) is 0.458. The van der Waals surface area contributed by atoms with E-state index < -0.39 is 35.8 Å². The summed E-state index contributed by atoms with van der Waals surface area (Å²) in [5, 5.41) is 5.87. The van der Waals surface area contributed by atoms with Crippen LogP contribution < -0.4 is 15.4 Å². The lowest BCUT2D eigenvalue weighted by molar-refractivity contribution is -0.164. The van der Waals surface area contributed by atoms with Gasteiger partial charge in [0, 0.05) is 23.8 Å². The third-order valence-electron chi connectivity index (χ3n) is 7.63. The molecule has 3 rings (SSSR count). The maximum Gasteiger partial charge on any atom is 0.310 e. The molecule has 0 spiro atoms. The van der Waals surface area contributed by atoms with Crippen molar-refractivity contribution in [3.8, 4) is 5.75 Å². The average molecular weight is 546 g/mol. The van der Waals surface area contributed by atoms with Crippen LogP contribution in [0.1, 0.15) is 76.7 Å². The maximum atomic E-state index is 14.3. The molecule has 10 heteroatoms. The fourth-order valence-electron chi connectivity index (χ4n) is 5.56. The second kappa shape index (κ2) is 12.4. The number of likely N-dealkylation sites (tertiary alicyclic amines) is 1. The van der Waals surface area contributed by atoms with Crippen molar-refractivity contribution in [2.24, 2.45) is 11.3 Å². The van der Waals surface area contributed by atoms with Crippen LogP contribution in [0.15, 0.2) is 18.2 Å². The molecular weight excluding hydrogens is 502 g/mol. The second-order valence-corrected chi connectivity index (χ2v) is 11.5. The van der Waals surface area contributed by atoms with Crippen molar-refractivity contribution >= 4 is 23.7 Å². The van der Waals surface area contributed by atoms with Crippen molar-refractivity contribution in [3.05, 3.63) is 29.3 Å². The van der Waals surface area contributed by atoms with Gasteiger partial charge in [0.15, 0.2) is 0 Å². The maximum absolute atomic E-state index is 14.3. The minimum absolute atomic E-state index is 0.00320. The van der Waals surface area contributed by atoms with Gasteiger partial charge in [-0.2, -0.15) is 0 Å². The first-order valence-electron chi connectivity index (χ1n) is 13.7. The number of benzene rings is 1. The molecule has 2 aliphatic rings. The van der Waals surface area contributed by atoms with Gasteiger partial charge in [-0.3, -0.25) is 19.2 Å². The van der Waals surface area contributed by atoms with Gasteiger partial charge in [0.2, 0.25) is 18.1 Å². The highest BCUT2D eigenvalue weighted by Crippen LogP contribution is 2.35. The number of methoxy groups -OCH3 is 1. The average Bonchev–Trinajstić information content (AvgIpc) is 3.39. The van der Waals surface area contributed by atoms with Crippen LogP contribution in [0.3, 0.4) is 0 Å². The van der Waals surface area contributed by atoms with E-state index in [1.165, 1.54) is 0 Å². The van der Waals surface area contributed by atoms with Crippen molar-refractivity contribution in [2.75, 3.05) is 13.7 Å².